The Morgan fingerprint density at radius 3 is 2.63 bits per heavy atom. The van der Waals surface area contributed by atoms with Crippen LogP contribution in [0.1, 0.15) is 21.6 Å². The van der Waals surface area contributed by atoms with Gasteiger partial charge < -0.3 is 9.47 Å². The highest BCUT2D eigenvalue weighted by Crippen LogP contribution is 2.24. The minimum atomic E-state index is -0.140. The molecule has 27 heavy (non-hydrogen) atoms. The molecule has 0 radical (unpaired) electrons. The van der Waals surface area contributed by atoms with Crippen molar-refractivity contribution in [2.24, 2.45) is 7.05 Å². The first kappa shape index (κ1) is 18.9. The third-order valence-corrected chi connectivity index (χ3v) is 4.43. The Hall–Kier alpha value is -2.86. The van der Waals surface area contributed by atoms with Crippen LogP contribution in [-0.2, 0) is 13.7 Å². The Labute approximate surface area is 166 Å². The van der Waals surface area contributed by atoms with Crippen LogP contribution in [-0.4, -0.2) is 22.7 Å². The molecule has 1 heterocycles. The van der Waals surface area contributed by atoms with Gasteiger partial charge in [0.25, 0.3) is 0 Å². The fraction of sp³-hybridized carbons (Fsp3) is 0.143. The Morgan fingerprint density at radius 1 is 1.19 bits per heavy atom. The fourth-order valence-corrected chi connectivity index (χ4v) is 2.77. The summed E-state index contributed by atoms with van der Waals surface area (Å²) in [6.45, 7) is 0.362. The van der Waals surface area contributed by atoms with Crippen molar-refractivity contribution in [2.75, 3.05) is 7.11 Å². The van der Waals surface area contributed by atoms with Gasteiger partial charge in [0.05, 0.1) is 7.11 Å². The number of methoxy groups -OCH3 is 1. The highest BCUT2D eigenvalue weighted by atomic mass is 79.9. The van der Waals surface area contributed by atoms with E-state index in [0.717, 1.165) is 27.1 Å². The van der Waals surface area contributed by atoms with Crippen LogP contribution in [0.15, 0.2) is 65.3 Å². The Morgan fingerprint density at radius 2 is 1.96 bits per heavy atom. The van der Waals surface area contributed by atoms with Gasteiger partial charge in [-0.3, -0.25) is 9.48 Å². The van der Waals surface area contributed by atoms with Gasteiger partial charge in [0.2, 0.25) is 5.78 Å². The van der Waals surface area contributed by atoms with E-state index in [1.165, 1.54) is 6.08 Å². The van der Waals surface area contributed by atoms with Crippen LogP contribution in [0.25, 0.3) is 6.08 Å². The maximum atomic E-state index is 12.2. The quantitative estimate of drug-likeness (QED) is 0.406. The molecule has 3 rings (SSSR count). The second-order valence-corrected chi connectivity index (χ2v) is 6.80. The summed E-state index contributed by atoms with van der Waals surface area (Å²) in [4.78, 5) is 12.2. The molecule has 6 heteroatoms. The van der Waals surface area contributed by atoms with Crippen LogP contribution < -0.4 is 9.47 Å². The van der Waals surface area contributed by atoms with Crippen LogP contribution in [0, 0.1) is 0 Å². The van der Waals surface area contributed by atoms with E-state index in [9.17, 15) is 4.79 Å². The van der Waals surface area contributed by atoms with Gasteiger partial charge >= 0.3 is 0 Å². The lowest BCUT2D eigenvalue weighted by molar-refractivity contribution is 0.104. The highest BCUT2D eigenvalue weighted by molar-refractivity contribution is 9.10. The summed E-state index contributed by atoms with van der Waals surface area (Å²) < 4.78 is 13.9. The molecule has 0 aliphatic heterocycles. The van der Waals surface area contributed by atoms with E-state index in [1.807, 2.05) is 42.5 Å². The molecule has 0 saturated heterocycles. The van der Waals surface area contributed by atoms with Crippen molar-refractivity contribution < 1.29 is 14.3 Å². The second-order valence-electron chi connectivity index (χ2n) is 5.89. The maximum absolute atomic E-state index is 12.2. The van der Waals surface area contributed by atoms with Crippen LogP contribution in [0.3, 0.4) is 0 Å². The molecule has 3 aromatic rings. The summed E-state index contributed by atoms with van der Waals surface area (Å²) in [5.41, 5.74) is 2.20. The zero-order valence-corrected chi connectivity index (χ0v) is 16.6. The third kappa shape index (κ3) is 5.08. The SMILES string of the molecule is COc1ccc(/C=C/C(=O)c2ccn(C)n2)cc1COc1ccc(Br)cc1. The largest absolute Gasteiger partial charge is 0.496 e. The van der Waals surface area contributed by atoms with E-state index >= 15 is 0 Å². The molecule has 2 aromatic carbocycles. The van der Waals surface area contributed by atoms with Gasteiger partial charge in [-0.05, 0) is 54.1 Å². The number of ketones is 1. The molecule has 1 aromatic heterocycles. The van der Waals surface area contributed by atoms with Gasteiger partial charge in [-0.25, -0.2) is 0 Å². The van der Waals surface area contributed by atoms with Crippen molar-refractivity contribution in [3.63, 3.8) is 0 Å². The molecular formula is C21H19BrN2O3. The molecule has 0 spiro atoms. The number of allylic oxidation sites excluding steroid dienone is 1. The van der Waals surface area contributed by atoms with E-state index in [4.69, 9.17) is 9.47 Å². The maximum Gasteiger partial charge on any atom is 0.206 e. The number of benzene rings is 2. The molecule has 0 fully saturated rings. The van der Waals surface area contributed by atoms with Crippen molar-refractivity contribution >= 4 is 27.8 Å². The molecule has 0 atom stereocenters. The number of hydrogen-bond donors (Lipinski definition) is 0. The highest BCUT2D eigenvalue weighted by Gasteiger charge is 2.07. The van der Waals surface area contributed by atoms with Crippen molar-refractivity contribution in [3.05, 3.63) is 82.1 Å². The Balaban J connectivity index is 1.73. The number of aryl methyl sites for hydroxylation is 1. The van der Waals surface area contributed by atoms with Crippen LogP contribution in [0.4, 0.5) is 0 Å². The predicted octanol–water partition coefficient (Wildman–Crippen LogP) is 4.67. The predicted molar refractivity (Wildman–Crippen MR) is 108 cm³/mol. The minimum absolute atomic E-state index is 0.140. The van der Waals surface area contributed by atoms with Gasteiger partial charge in [-0.2, -0.15) is 5.10 Å². The first-order valence-electron chi connectivity index (χ1n) is 8.32. The Kier molecular flexibility index (Phi) is 6.08. The monoisotopic (exact) mass is 426 g/mol. The summed E-state index contributed by atoms with van der Waals surface area (Å²) in [5, 5.41) is 4.11. The first-order valence-corrected chi connectivity index (χ1v) is 9.12. The van der Waals surface area contributed by atoms with Crippen LogP contribution >= 0.6 is 15.9 Å². The average molecular weight is 427 g/mol. The number of carbonyl (C=O) groups is 1. The number of hydrogen-bond acceptors (Lipinski definition) is 4. The number of ether oxygens (including phenoxy) is 2. The van der Waals surface area contributed by atoms with E-state index in [1.54, 1.807) is 37.2 Å². The molecular weight excluding hydrogens is 408 g/mol. The van der Waals surface area contributed by atoms with Crippen LogP contribution in [0.5, 0.6) is 11.5 Å². The molecule has 0 bridgehead atoms. The molecule has 0 amide bonds. The topological polar surface area (TPSA) is 53.4 Å². The first-order chi connectivity index (χ1) is 13.0. The lowest BCUT2D eigenvalue weighted by Gasteiger charge is -2.11. The zero-order valence-electron chi connectivity index (χ0n) is 15.1. The molecule has 5 nitrogen and oxygen atoms in total. The summed E-state index contributed by atoms with van der Waals surface area (Å²) in [5.74, 6) is 1.37. The molecule has 138 valence electrons. The summed E-state index contributed by atoms with van der Waals surface area (Å²) in [7, 11) is 3.40. The lowest BCUT2D eigenvalue weighted by atomic mass is 10.1. The van der Waals surface area contributed by atoms with Crippen molar-refractivity contribution in [3.8, 4) is 11.5 Å². The molecule has 0 saturated carbocycles. The Bertz CT molecular complexity index is 962. The molecule has 0 aliphatic carbocycles. The number of aromatic nitrogens is 2. The van der Waals surface area contributed by atoms with E-state index in [-0.39, 0.29) is 5.78 Å². The standard InChI is InChI=1S/C21H19BrN2O3/c1-24-12-11-19(23-24)20(25)9-3-15-4-10-21(26-2)16(13-15)14-27-18-7-5-17(22)6-8-18/h3-13H,14H2,1-2H3/b9-3+. The number of rotatable bonds is 7. The van der Waals surface area contributed by atoms with Gasteiger partial charge in [0, 0.05) is 23.3 Å². The summed E-state index contributed by atoms with van der Waals surface area (Å²) >= 11 is 3.40. The van der Waals surface area contributed by atoms with Crippen LogP contribution in [0.2, 0.25) is 0 Å². The number of nitrogens with zero attached hydrogens (tertiary/aromatic N) is 2. The lowest BCUT2D eigenvalue weighted by Crippen LogP contribution is -2.00. The number of carbonyl (C=O) groups excluding carboxylic acids is 1. The van der Waals surface area contributed by atoms with E-state index in [0.29, 0.717) is 12.3 Å². The smallest absolute Gasteiger partial charge is 0.206 e. The van der Waals surface area contributed by atoms with Gasteiger partial charge in [-0.1, -0.05) is 28.1 Å². The van der Waals surface area contributed by atoms with Gasteiger partial charge in [0.1, 0.15) is 23.8 Å². The summed E-state index contributed by atoms with van der Waals surface area (Å²) in [6, 6.07) is 15.0. The van der Waals surface area contributed by atoms with Gasteiger partial charge in [-0.15, -0.1) is 0 Å². The zero-order chi connectivity index (χ0) is 19.2. The third-order valence-electron chi connectivity index (χ3n) is 3.91. The van der Waals surface area contributed by atoms with Crippen molar-refractivity contribution in [1.29, 1.82) is 0 Å². The fourth-order valence-electron chi connectivity index (χ4n) is 2.51. The molecule has 0 aliphatic rings. The van der Waals surface area contributed by atoms with E-state index < -0.39 is 0 Å². The normalized spacial score (nSPS) is 10.9. The average Bonchev–Trinajstić information content (AvgIpc) is 3.12. The van der Waals surface area contributed by atoms with E-state index in [2.05, 4.69) is 21.0 Å². The van der Waals surface area contributed by atoms with Gasteiger partial charge in [0.15, 0.2) is 0 Å². The van der Waals surface area contributed by atoms with Crippen molar-refractivity contribution in [1.82, 2.24) is 9.78 Å². The minimum Gasteiger partial charge on any atom is -0.496 e. The second kappa shape index (κ2) is 8.68. The van der Waals surface area contributed by atoms with Crippen molar-refractivity contribution in [2.45, 2.75) is 6.61 Å². The molecule has 0 unspecified atom stereocenters. The number of halogens is 1. The summed E-state index contributed by atoms with van der Waals surface area (Å²) in [6.07, 6.45) is 5.02. The molecule has 0 N–H and O–H groups in total.